The Kier molecular flexibility index (Phi) is 11.1. The molecular weight excluding hydrogens is 502 g/mol. The number of aryl methyl sites for hydroxylation is 1. The highest BCUT2D eigenvalue weighted by molar-refractivity contribution is 5.84. The molecular formula is C31H38F2N2O4. The van der Waals surface area contributed by atoms with Crippen LogP contribution in [0.4, 0.5) is 8.78 Å². The van der Waals surface area contributed by atoms with Crippen LogP contribution in [0.25, 0.3) is 5.57 Å². The number of carbonyl (C=O) groups excluding carboxylic acids is 2. The number of hydrogen-bond donors (Lipinski definition) is 1. The highest BCUT2D eigenvalue weighted by Crippen LogP contribution is 2.33. The Morgan fingerprint density at radius 2 is 1.87 bits per heavy atom. The molecule has 2 aromatic rings. The minimum Gasteiger partial charge on any atom is -0.466 e. The lowest BCUT2D eigenvalue weighted by atomic mass is 9.89. The van der Waals surface area contributed by atoms with Crippen molar-refractivity contribution in [2.45, 2.75) is 66.5 Å². The minimum atomic E-state index is -1.12. The lowest BCUT2D eigenvalue weighted by molar-refractivity contribution is -0.144. The molecule has 1 N–H and O–H groups in total. The van der Waals surface area contributed by atoms with Crippen LogP contribution in [0.3, 0.4) is 0 Å². The largest absolute Gasteiger partial charge is 0.466 e. The van der Waals surface area contributed by atoms with Crippen LogP contribution in [-0.4, -0.2) is 23.1 Å². The maximum atomic E-state index is 15.7. The second-order valence-electron chi connectivity index (χ2n) is 10.0. The van der Waals surface area contributed by atoms with Crippen LogP contribution in [0.2, 0.25) is 0 Å². The van der Waals surface area contributed by atoms with Crippen LogP contribution >= 0.6 is 0 Å². The fraction of sp³-hybridized carbons (Fsp3) is 0.387. The first-order valence-electron chi connectivity index (χ1n) is 12.9. The summed E-state index contributed by atoms with van der Waals surface area (Å²) in [6, 6.07) is 3.41. The number of allylic oxidation sites excluding steroid dienone is 4. The number of carbonyl (C=O) groups is 2. The molecule has 0 aliphatic rings. The van der Waals surface area contributed by atoms with Gasteiger partial charge >= 0.3 is 5.97 Å². The number of pyridine rings is 1. The lowest BCUT2D eigenvalue weighted by Gasteiger charge is -2.26. The fourth-order valence-electron chi connectivity index (χ4n) is 4.52. The van der Waals surface area contributed by atoms with Crippen molar-refractivity contribution in [3.05, 3.63) is 99.5 Å². The maximum absolute atomic E-state index is 15.7. The van der Waals surface area contributed by atoms with Crippen molar-refractivity contribution >= 4 is 17.4 Å². The predicted octanol–water partition coefficient (Wildman–Crippen LogP) is 6.37. The highest BCUT2D eigenvalue weighted by atomic mass is 19.1. The van der Waals surface area contributed by atoms with Gasteiger partial charge in [0.1, 0.15) is 11.9 Å². The van der Waals surface area contributed by atoms with Crippen LogP contribution in [0.15, 0.2) is 65.6 Å². The van der Waals surface area contributed by atoms with Crippen molar-refractivity contribution < 1.29 is 23.1 Å². The number of benzene rings is 1. The molecule has 210 valence electrons. The summed E-state index contributed by atoms with van der Waals surface area (Å²) < 4.78 is 35.9. The smallest absolute Gasteiger partial charge is 0.308 e. The van der Waals surface area contributed by atoms with Crippen molar-refractivity contribution in [1.82, 2.24) is 9.88 Å². The molecule has 0 saturated carbocycles. The lowest BCUT2D eigenvalue weighted by Crippen LogP contribution is -2.41. The number of rotatable bonds is 12. The average Bonchev–Trinajstić information content (AvgIpc) is 2.85. The topological polar surface area (TPSA) is 77.4 Å². The van der Waals surface area contributed by atoms with Crippen molar-refractivity contribution in [3.63, 3.8) is 0 Å². The molecule has 39 heavy (non-hydrogen) atoms. The monoisotopic (exact) mass is 540 g/mol. The van der Waals surface area contributed by atoms with Crippen molar-refractivity contribution in [2.75, 3.05) is 6.61 Å². The summed E-state index contributed by atoms with van der Waals surface area (Å²) in [5, 5.41) is 2.76. The van der Waals surface area contributed by atoms with Gasteiger partial charge in [-0.05, 0) is 86.6 Å². The van der Waals surface area contributed by atoms with E-state index in [1.165, 1.54) is 12.3 Å². The van der Waals surface area contributed by atoms with Crippen LogP contribution < -0.4 is 10.9 Å². The third-order valence-electron chi connectivity index (χ3n) is 6.33. The predicted molar refractivity (Wildman–Crippen MR) is 150 cm³/mol. The zero-order valence-corrected chi connectivity index (χ0v) is 23.6. The van der Waals surface area contributed by atoms with Gasteiger partial charge < -0.3 is 14.6 Å². The Morgan fingerprint density at radius 1 is 1.21 bits per heavy atom. The Balaban J connectivity index is 2.68. The number of ether oxygens (including phenoxy) is 1. The van der Waals surface area contributed by atoms with E-state index in [1.54, 1.807) is 32.1 Å². The summed E-state index contributed by atoms with van der Waals surface area (Å²) in [5.74, 6) is -2.90. The van der Waals surface area contributed by atoms with Gasteiger partial charge in [0.15, 0.2) is 5.82 Å². The zero-order chi connectivity index (χ0) is 29.4. The number of nitrogens with zero attached hydrogens (tertiary/aromatic N) is 1. The molecule has 1 heterocycles. The van der Waals surface area contributed by atoms with E-state index in [0.29, 0.717) is 11.1 Å². The number of aromatic nitrogens is 1. The van der Waals surface area contributed by atoms with E-state index in [0.717, 1.165) is 27.4 Å². The highest BCUT2D eigenvalue weighted by Gasteiger charge is 2.30. The molecule has 1 aromatic heterocycles. The molecule has 8 heteroatoms. The summed E-state index contributed by atoms with van der Waals surface area (Å²) in [6.45, 7) is 18.6. The SMILES string of the molecule is C=C/C(C)=C(\C(=C)C)c1cc(C)c(F)c([C@H](CC(=O)OCC)NC(=O)C(CC(C)C)n2cccc(F)c2=O)c1. The summed E-state index contributed by atoms with van der Waals surface area (Å²) in [4.78, 5) is 38.7. The Labute approximate surface area is 229 Å². The van der Waals surface area contributed by atoms with Crippen molar-refractivity contribution in [3.8, 4) is 0 Å². The molecule has 0 bridgehead atoms. The number of esters is 1. The Morgan fingerprint density at radius 3 is 2.44 bits per heavy atom. The first-order chi connectivity index (χ1) is 18.3. The van der Waals surface area contributed by atoms with Crippen LogP contribution in [0, 0.1) is 24.5 Å². The molecule has 6 nitrogen and oxygen atoms in total. The van der Waals surface area contributed by atoms with Crippen molar-refractivity contribution in [1.29, 1.82) is 0 Å². The molecule has 1 unspecified atom stereocenters. The summed E-state index contributed by atoms with van der Waals surface area (Å²) in [6.07, 6.45) is 2.88. The van der Waals surface area contributed by atoms with E-state index in [-0.39, 0.29) is 30.9 Å². The number of halogens is 2. The second-order valence-corrected chi connectivity index (χ2v) is 10.0. The second kappa shape index (κ2) is 13.8. The van der Waals surface area contributed by atoms with E-state index < -0.39 is 41.2 Å². The van der Waals surface area contributed by atoms with Gasteiger partial charge in [0.2, 0.25) is 5.91 Å². The Bertz CT molecular complexity index is 1340. The molecule has 0 radical (unpaired) electrons. The van der Waals surface area contributed by atoms with E-state index >= 15 is 4.39 Å². The van der Waals surface area contributed by atoms with Gasteiger partial charge in [-0.15, -0.1) is 0 Å². The summed E-state index contributed by atoms with van der Waals surface area (Å²) in [5.41, 5.74) is 2.42. The molecule has 1 aromatic carbocycles. The molecule has 0 spiro atoms. The van der Waals surface area contributed by atoms with E-state index in [1.807, 2.05) is 27.7 Å². The average molecular weight is 541 g/mol. The number of nitrogens with one attached hydrogen (secondary N) is 1. The van der Waals surface area contributed by atoms with Gasteiger partial charge in [-0.25, -0.2) is 8.78 Å². The molecule has 1 amide bonds. The summed E-state index contributed by atoms with van der Waals surface area (Å²) >= 11 is 0. The molecule has 0 fully saturated rings. The fourth-order valence-corrected chi connectivity index (χ4v) is 4.52. The molecule has 2 atom stereocenters. The van der Waals surface area contributed by atoms with Crippen LogP contribution in [-0.2, 0) is 14.3 Å². The van der Waals surface area contributed by atoms with E-state index in [2.05, 4.69) is 18.5 Å². The van der Waals surface area contributed by atoms with Gasteiger partial charge in [0, 0.05) is 11.8 Å². The van der Waals surface area contributed by atoms with Gasteiger partial charge in [-0.2, -0.15) is 0 Å². The molecule has 0 aliphatic heterocycles. The van der Waals surface area contributed by atoms with Gasteiger partial charge in [0.05, 0.1) is 19.1 Å². The van der Waals surface area contributed by atoms with Gasteiger partial charge in [-0.1, -0.05) is 38.7 Å². The number of amides is 1. The van der Waals surface area contributed by atoms with Gasteiger partial charge in [0.25, 0.3) is 5.56 Å². The maximum Gasteiger partial charge on any atom is 0.308 e. The number of hydrogen-bond acceptors (Lipinski definition) is 4. The minimum absolute atomic E-state index is 0.0353. The molecule has 0 aliphatic carbocycles. The first kappa shape index (κ1) is 31.4. The first-order valence-corrected chi connectivity index (χ1v) is 12.9. The normalized spacial score (nSPS) is 13.4. The zero-order valence-electron chi connectivity index (χ0n) is 23.6. The summed E-state index contributed by atoms with van der Waals surface area (Å²) in [7, 11) is 0. The van der Waals surface area contributed by atoms with E-state index in [9.17, 15) is 18.8 Å². The molecule has 0 saturated heterocycles. The third-order valence-corrected chi connectivity index (χ3v) is 6.33. The quantitative estimate of drug-likeness (QED) is 0.251. The Hall–Kier alpha value is -3.81. The van der Waals surface area contributed by atoms with Crippen LogP contribution in [0.5, 0.6) is 0 Å². The van der Waals surface area contributed by atoms with Gasteiger partial charge in [-0.3, -0.25) is 14.4 Å². The third kappa shape index (κ3) is 7.85. The van der Waals surface area contributed by atoms with Crippen LogP contribution in [0.1, 0.15) is 76.2 Å². The van der Waals surface area contributed by atoms with Crippen molar-refractivity contribution in [2.24, 2.45) is 5.92 Å². The standard InChI is InChI=1S/C31H38F2N2O4/c1-9-20(7)28(19(5)6)22-15-21(8)29(33)23(16-22)25(17-27(36)39-10-2)34-30(37)26(14-18(3)4)35-13-11-12-24(32)31(35)38/h9,11-13,15-16,18,25-26H,1,5,10,14,17H2,2-4,6-8H3,(H,34,37)/b28-20+/t25-,26?/m0/s1. The van der Waals surface area contributed by atoms with E-state index in [4.69, 9.17) is 4.74 Å². The molecule has 2 rings (SSSR count).